The zero-order valence-corrected chi connectivity index (χ0v) is 12.5. The lowest BCUT2D eigenvalue weighted by molar-refractivity contribution is -0.137. The molecule has 0 saturated heterocycles. The van der Waals surface area contributed by atoms with E-state index in [2.05, 4.69) is 32.9 Å². The Labute approximate surface area is 114 Å². The molecule has 0 bridgehead atoms. The standard InChI is InChI=1S/C15H22O2S/c1-10(2)13(14(16)17)18-12-8-6-11(7-9-12)15(3,4)5/h6-10,13H,1-5H3,(H,16,17). The van der Waals surface area contributed by atoms with Gasteiger partial charge in [-0.25, -0.2) is 0 Å². The van der Waals surface area contributed by atoms with E-state index in [9.17, 15) is 4.79 Å². The van der Waals surface area contributed by atoms with Gasteiger partial charge in [0.25, 0.3) is 0 Å². The van der Waals surface area contributed by atoms with Crippen LogP contribution in [0.25, 0.3) is 0 Å². The first kappa shape index (κ1) is 15.1. The van der Waals surface area contributed by atoms with Crippen molar-refractivity contribution in [1.82, 2.24) is 0 Å². The Morgan fingerprint density at radius 2 is 1.67 bits per heavy atom. The van der Waals surface area contributed by atoms with Gasteiger partial charge in [0.2, 0.25) is 0 Å². The molecule has 1 atom stereocenters. The number of benzene rings is 1. The first-order chi connectivity index (χ1) is 8.21. The van der Waals surface area contributed by atoms with Gasteiger partial charge in [-0.1, -0.05) is 46.8 Å². The van der Waals surface area contributed by atoms with Gasteiger partial charge < -0.3 is 5.11 Å². The highest BCUT2D eigenvalue weighted by Crippen LogP contribution is 2.30. The Kier molecular flexibility index (Phi) is 4.85. The van der Waals surface area contributed by atoms with Crippen molar-refractivity contribution in [2.24, 2.45) is 5.92 Å². The van der Waals surface area contributed by atoms with E-state index in [0.717, 1.165) is 4.90 Å². The lowest BCUT2D eigenvalue weighted by atomic mass is 9.87. The van der Waals surface area contributed by atoms with Crippen molar-refractivity contribution in [3.63, 3.8) is 0 Å². The number of carbonyl (C=O) groups is 1. The molecule has 1 aromatic rings. The first-order valence-electron chi connectivity index (χ1n) is 6.22. The summed E-state index contributed by atoms with van der Waals surface area (Å²) in [5.41, 5.74) is 1.40. The second-order valence-corrected chi connectivity index (χ2v) is 7.11. The number of aliphatic carboxylic acids is 1. The molecule has 0 aliphatic carbocycles. The van der Waals surface area contributed by atoms with Crippen LogP contribution in [0, 0.1) is 5.92 Å². The molecule has 0 saturated carbocycles. The summed E-state index contributed by atoms with van der Waals surface area (Å²) < 4.78 is 0. The molecule has 3 heteroatoms. The second kappa shape index (κ2) is 5.79. The van der Waals surface area contributed by atoms with E-state index in [4.69, 9.17) is 5.11 Å². The van der Waals surface area contributed by atoms with Gasteiger partial charge in [0.1, 0.15) is 5.25 Å². The molecule has 2 nitrogen and oxygen atoms in total. The Morgan fingerprint density at radius 3 is 2.00 bits per heavy atom. The molecule has 0 radical (unpaired) electrons. The number of hydrogen-bond acceptors (Lipinski definition) is 2. The summed E-state index contributed by atoms with van der Waals surface area (Å²) >= 11 is 1.42. The van der Waals surface area contributed by atoms with E-state index in [-0.39, 0.29) is 16.6 Å². The maximum Gasteiger partial charge on any atom is 0.317 e. The van der Waals surface area contributed by atoms with Gasteiger partial charge in [-0.15, -0.1) is 11.8 Å². The molecule has 1 aromatic carbocycles. The highest BCUT2D eigenvalue weighted by molar-refractivity contribution is 8.00. The molecule has 0 heterocycles. The summed E-state index contributed by atoms with van der Waals surface area (Å²) in [6.45, 7) is 10.4. The van der Waals surface area contributed by atoms with Crippen LogP contribution in [-0.2, 0) is 10.2 Å². The molecule has 0 aliphatic rings. The molecule has 1 rings (SSSR count). The highest BCUT2D eigenvalue weighted by atomic mass is 32.2. The van der Waals surface area contributed by atoms with Gasteiger partial charge in [0.05, 0.1) is 0 Å². The zero-order chi connectivity index (χ0) is 13.9. The molecule has 0 spiro atoms. The minimum atomic E-state index is -0.741. The quantitative estimate of drug-likeness (QED) is 0.830. The van der Waals surface area contributed by atoms with Crippen molar-refractivity contribution in [3.8, 4) is 0 Å². The maximum atomic E-state index is 11.2. The number of rotatable bonds is 4. The van der Waals surface area contributed by atoms with Crippen molar-refractivity contribution in [3.05, 3.63) is 29.8 Å². The van der Waals surface area contributed by atoms with Crippen molar-refractivity contribution >= 4 is 17.7 Å². The summed E-state index contributed by atoms with van der Waals surface area (Å²) in [7, 11) is 0. The summed E-state index contributed by atoms with van der Waals surface area (Å²) in [6.07, 6.45) is 0. The smallest absolute Gasteiger partial charge is 0.317 e. The van der Waals surface area contributed by atoms with Gasteiger partial charge in [-0.05, 0) is 29.0 Å². The molecule has 0 amide bonds. The molecule has 0 aliphatic heterocycles. The monoisotopic (exact) mass is 266 g/mol. The van der Waals surface area contributed by atoms with Crippen LogP contribution in [0.3, 0.4) is 0 Å². The average molecular weight is 266 g/mol. The molecule has 0 fully saturated rings. The average Bonchev–Trinajstić information content (AvgIpc) is 2.24. The lowest BCUT2D eigenvalue weighted by Gasteiger charge is -2.20. The van der Waals surface area contributed by atoms with Crippen LogP contribution in [0.5, 0.6) is 0 Å². The SMILES string of the molecule is CC(C)C(Sc1ccc(C(C)(C)C)cc1)C(=O)O. The first-order valence-corrected chi connectivity index (χ1v) is 7.10. The topological polar surface area (TPSA) is 37.3 Å². The highest BCUT2D eigenvalue weighted by Gasteiger charge is 2.22. The fraction of sp³-hybridized carbons (Fsp3) is 0.533. The van der Waals surface area contributed by atoms with Crippen LogP contribution in [0.4, 0.5) is 0 Å². The van der Waals surface area contributed by atoms with Gasteiger partial charge in [-0.2, -0.15) is 0 Å². The van der Waals surface area contributed by atoms with Gasteiger partial charge >= 0.3 is 5.97 Å². The molecular weight excluding hydrogens is 244 g/mol. The number of hydrogen-bond donors (Lipinski definition) is 1. The van der Waals surface area contributed by atoms with Gasteiger partial charge in [-0.3, -0.25) is 4.79 Å². The fourth-order valence-corrected chi connectivity index (χ4v) is 2.61. The summed E-state index contributed by atoms with van der Waals surface area (Å²) in [4.78, 5) is 12.2. The molecule has 0 aromatic heterocycles. The van der Waals surface area contributed by atoms with E-state index in [1.807, 2.05) is 26.0 Å². The van der Waals surface area contributed by atoms with Crippen molar-refractivity contribution in [2.45, 2.75) is 50.2 Å². The third-order valence-corrected chi connectivity index (χ3v) is 4.38. The van der Waals surface area contributed by atoms with E-state index in [1.54, 1.807) is 0 Å². The van der Waals surface area contributed by atoms with Crippen molar-refractivity contribution < 1.29 is 9.90 Å². The Balaban J connectivity index is 2.83. The van der Waals surface area contributed by atoms with Crippen LogP contribution in [0.2, 0.25) is 0 Å². The summed E-state index contributed by atoms with van der Waals surface area (Å²) in [6, 6.07) is 8.20. The van der Waals surface area contributed by atoms with Gasteiger partial charge in [0.15, 0.2) is 0 Å². The van der Waals surface area contributed by atoms with Crippen molar-refractivity contribution in [1.29, 1.82) is 0 Å². The largest absolute Gasteiger partial charge is 0.480 e. The molecule has 1 unspecified atom stereocenters. The van der Waals surface area contributed by atoms with Crippen LogP contribution in [-0.4, -0.2) is 16.3 Å². The Bertz CT molecular complexity index is 401. The predicted molar refractivity (Wildman–Crippen MR) is 77.3 cm³/mol. The zero-order valence-electron chi connectivity index (χ0n) is 11.7. The normalized spacial score (nSPS) is 13.7. The Hall–Kier alpha value is -0.960. The third-order valence-electron chi connectivity index (χ3n) is 2.83. The van der Waals surface area contributed by atoms with Crippen molar-refractivity contribution in [2.75, 3.05) is 0 Å². The predicted octanol–water partition coefficient (Wildman–Crippen LogP) is 4.19. The number of thioether (sulfide) groups is 1. The lowest BCUT2D eigenvalue weighted by Crippen LogP contribution is -2.22. The molecule has 1 N–H and O–H groups in total. The Morgan fingerprint density at radius 1 is 1.17 bits per heavy atom. The van der Waals surface area contributed by atoms with E-state index < -0.39 is 5.97 Å². The van der Waals surface area contributed by atoms with Crippen LogP contribution in [0.1, 0.15) is 40.2 Å². The molecule has 100 valence electrons. The maximum absolute atomic E-state index is 11.2. The molecular formula is C15H22O2S. The third kappa shape index (κ3) is 4.05. The van der Waals surface area contributed by atoms with Gasteiger partial charge in [0, 0.05) is 4.90 Å². The van der Waals surface area contributed by atoms with Crippen LogP contribution in [0.15, 0.2) is 29.2 Å². The van der Waals surface area contributed by atoms with E-state index >= 15 is 0 Å². The summed E-state index contributed by atoms with van der Waals surface area (Å²) in [5, 5.41) is 8.78. The summed E-state index contributed by atoms with van der Waals surface area (Å²) in [5.74, 6) is -0.621. The van der Waals surface area contributed by atoms with E-state index in [1.165, 1.54) is 17.3 Å². The minimum absolute atomic E-state index is 0.120. The minimum Gasteiger partial charge on any atom is -0.480 e. The van der Waals surface area contributed by atoms with Crippen LogP contribution < -0.4 is 0 Å². The number of carboxylic acids is 1. The van der Waals surface area contributed by atoms with Crippen LogP contribution >= 0.6 is 11.8 Å². The molecule has 18 heavy (non-hydrogen) atoms. The number of carboxylic acid groups (broad SMARTS) is 1. The van der Waals surface area contributed by atoms with E-state index in [0.29, 0.717) is 0 Å². The second-order valence-electron chi connectivity index (χ2n) is 5.90. The fourth-order valence-electron chi connectivity index (χ4n) is 1.65.